The van der Waals surface area contributed by atoms with Crippen molar-refractivity contribution in [1.29, 1.82) is 0 Å². The highest BCUT2D eigenvalue weighted by atomic mass is 16.7. The number of hydrogen-bond donors (Lipinski definition) is 9. The van der Waals surface area contributed by atoms with E-state index in [0.29, 0.717) is 19.3 Å². The molecule has 8 rings (SSSR count). The summed E-state index contributed by atoms with van der Waals surface area (Å²) in [4.78, 5) is 0. The molecule has 0 bridgehead atoms. The second kappa shape index (κ2) is 13.5. The molecule has 22 atom stereocenters. The summed E-state index contributed by atoms with van der Waals surface area (Å²) < 4.78 is 30.7. The van der Waals surface area contributed by atoms with Gasteiger partial charge < -0.3 is 69.6 Å². The zero-order valence-electron chi connectivity index (χ0n) is 34.5. The van der Waals surface area contributed by atoms with Crippen LogP contribution in [0, 0.1) is 44.8 Å². The van der Waals surface area contributed by atoms with Crippen molar-refractivity contribution in [1.82, 2.24) is 0 Å². The van der Waals surface area contributed by atoms with Crippen molar-refractivity contribution >= 4 is 0 Å². The third-order valence-electron chi connectivity index (χ3n) is 18.0. The SMILES string of the molecule is C[C@@H]1O[C@@H](O[C@H]2[C@H](O)[C@@H](O)[C@H](O[C@H]3CC[C@]45C[C@]46CC[C@]4(C)[C@@H]([C@@]7(C)CC[C@@H](C(C)(C)O)O7)[C@@H](O)C[C@@]4(C)C6C[C@H](O)C5C3(C)C)O[C@@H]2CO)[C@H](O)[C@H](O)[C@H]1O. The first-order valence-electron chi connectivity index (χ1n) is 21.3. The molecule has 2 unspecified atom stereocenters. The molecule has 3 aliphatic heterocycles. The topological polar surface area (TPSA) is 228 Å². The van der Waals surface area contributed by atoms with Gasteiger partial charge in [-0.05, 0) is 124 Å². The molecule has 14 heteroatoms. The molecule has 5 aliphatic carbocycles. The first kappa shape index (κ1) is 42.1. The van der Waals surface area contributed by atoms with Crippen LogP contribution in [-0.4, -0.2) is 150 Å². The lowest BCUT2D eigenvalue weighted by Crippen LogP contribution is -2.65. The van der Waals surface area contributed by atoms with Crippen LogP contribution in [0.3, 0.4) is 0 Å². The lowest BCUT2D eigenvalue weighted by atomic mass is 9.41. The van der Waals surface area contributed by atoms with Gasteiger partial charge in [0.05, 0.1) is 48.3 Å². The fourth-order valence-electron chi connectivity index (χ4n) is 15.1. The van der Waals surface area contributed by atoms with Gasteiger partial charge in [-0.25, -0.2) is 0 Å². The van der Waals surface area contributed by atoms with Gasteiger partial charge in [0, 0.05) is 5.92 Å². The standard InChI is InChI=1S/C42H70O14/c1-19-26(46)27(47)29(49)34(52-19)55-31-22(17-43)53-35(30(50)28(31)48)54-24-10-12-42-18-41(42)14-13-38(6)33(40(8)11-9-25(56-40)37(4,5)51)21(45)16-39(38,7)23(41)15-20(44)32(42)36(24,2)3/h19-35,43-51H,9-18H2,1-8H3/t19-,20-,21-,22+,23?,24-,25-,26-,27+,28+,29+,30+,31+,32?,33-,34-,35-,38+,39-,40+,41-,42+/m0/s1. The van der Waals surface area contributed by atoms with Crippen molar-refractivity contribution in [3.63, 3.8) is 0 Å². The largest absolute Gasteiger partial charge is 0.394 e. The smallest absolute Gasteiger partial charge is 0.187 e. The first-order chi connectivity index (χ1) is 25.9. The zero-order chi connectivity index (χ0) is 40.9. The maximum atomic E-state index is 12.4. The molecular weight excluding hydrogens is 728 g/mol. The van der Waals surface area contributed by atoms with Crippen LogP contribution < -0.4 is 0 Å². The van der Waals surface area contributed by atoms with E-state index in [1.165, 1.54) is 6.92 Å². The molecule has 0 aromatic rings. The molecule has 0 aromatic heterocycles. The van der Waals surface area contributed by atoms with E-state index in [1.807, 2.05) is 0 Å². The van der Waals surface area contributed by atoms with E-state index in [9.17, 15) is 46.0 Å². The van der Waals surface area contributed by atoms with Crippen LogP contribution in [0.1, 0.15) is 113 Å². The van der Waals surface area contributed by atoms with Crippen LogP contribution >= 0.6 is 0 Å². The molecule has 5 saturated carbocycles. The number of rotatable bonds is 7. The van der Waals surface area contributed by atoms with E-state index in [4.69, 9.17) is 23.7 Å². The molecule has 0 radical (unpaired) electrons. The van der Waals surface area contributed by atoms with Crippen molar-refractivity contribution in [2.75, 3.05) is 6.61 Å². The lowest BCUT2D eigenvalue weighted by molar-refractivity contribution is -0.366. The maximum Gasteiger partial charge on any atom is 0.187 e. The molecule has 8 fully saturated rings. The van der Waals surface area contributed by atoms with Crippen molar-refractivity contribution in [2.45, 2.75) is 210 Å². The Morgan fingerprint density at radius 1 is 0.696 bits per heavy atom. The third kappa shape index (κ3) is 5.71. The fourth-order valence-corrected chi connectivity index (χ4v) is 15.1. The Kier molecular flexibility index (Phi) is 10.1. The Bertz CT molecular complexity index is 1490. The maximum absolute atomic E-state index is 12.4. The first-order valence-corrected chi connectivity index (χ1v) is 21.3. The molecule has 0 amide bonds. The fraction of sp³-hybridized carbons (Fsp3) is 1.00. The summed E-state index contributed by atoms with van der Waals surface area (Å²) >= 11 is 0. The van der Waals surface area contributed by atoms with Crippen molar-refractivity contribution in [2.24, 2.45) is 44.8 Å². The molecule has 56 heavy (non-hydrogen) atoms. The molecule has 322 valence electrons. The highest BCUT2D eigenvalue weighted by Gasteiger charge is 2.85. The van der Waals surface area contributed by atoms with Crippen LogP contribution in [0.25, 0.3) is 0 Å². The Labute approximate surface area is 330 Å². The second-order valence-electron chi connectivity index (χ2n) is 21.5. The van der Waals surface area contributed by atoms with Gasteiger partial charge in [0.2, 0.25) is 0 Å². The minimum Gasteiger partial charge on any atom is -0.394 e. The summed E-state index contributed by atoms with van der Waals surface area (Å²) in [6, 6.07) is 0. The normalized spacial score (nSPS) is 59.2. The molecule has 14 nitrogen and oxygen atoms in total. The summed E-state index contributed by atoms with van der Waals surface area (Å²) in [5, 5.41) is 99.0. The van der Waals surface area contributed by atoms with Gasteiger partial charge >= 0.3 is 0 Å². The minimum absolute atomic E-state index is 0.0194. The monoisotopic (exact) mass is 798 g/mol. The summed E-state index contributed by atoms with van der Waals surface area (Å²) in [5.74, 6) is 0.0125. The van der Waals surface area contributed by atoms with Crippen molar-refractivity contribution in [3.8, 4) is 0 Å². The van der Waals surface area contributed by atoms with Gasteiger partial charge in [-0.2, -0.15) is 0 Å². The van der Waals surface area contributed by atoms with Crippen LogP contribution in [0.2, 0.25) is 0 Å². The van der Waals surface area contributed by atoms with Gasteiger partial charge in [-0.1, -0.05) is 27.7 Å². The van der Waals surface area contributed by atoms with Crippen LogP contribution in [0.5, 0.6) is 0 Å². The average molecular weight is 799 g/mol. The Morgan fingerprint density at radius 3 is 2.00 bits per heavy atom. The van der Waals surface area contributed by atoms with E-state index in [0.717, 1.165) is 38.5 Å². The Morgan fingerprint density at radius 2 is 1.36 bits per heavy atom. The predicted molar refractivity (Wildman–Crippen MR) is 198 cm³/mol. The molecular formula is C42H70O14. The molecule has 8 aliphatic rings. The number of ether oxygens (including phenoxy) is 5. The molecule has 9 N–H and O–H groups in total. The summed E-state index contributed by atoms with van der Waals surface area (Å²) in [5.41, 5.74) is -2.64. The molecule has 0 aromatic carbocycles. The predicted octanol–water partition coefficient (Wildman–Crippen LogP) is 1.11. The summed E-state index contributed by atoms with van der Waals surface area (Å²) in [6.45, 7) is 15.6. The van der Waals surface area contributed by atoms with E-state index in [-0.39, 0.29) is 45.5 Å². The van der Waals surface area contributed by atoms with Crippen LogP contribution in [-0.2, 0) is 23.7 Å². The second-order valence-corrected chi connectivity index (χ2v) is 21.5. The number of aliphatic hydroxyl groups is 9. The average Bonchev–Trinajstić information content (AvgIpc) is 3.47. The number of fused-ring (bicyclic) bond motifs is 2. The van der Waals surface area contributed by atoms with E-state index >= 15 is 0 Å². The van der Waals surface area contributed by atoms with Gasteiger partial charge in [-0.15, -0.1) is 0 Å². The summed E-state index contributed by atoms with van der Waals surface area (Å²) in [7, 11) is 0. The summed E-state index contributed by atoms with van der Waals surface area (Å²) in [6.07, 6.45) is -8.74. The number of aliphatic hydroxyl groups excluding tert-OH is 8. The Balaban J connectivity index is 0.987. The van der Waals surface area contributed by atoms with E-state index in [1.54, 1.807) is 13.8 Å². The van der Waals surface area contributed by atoms with Gasteiger partial charge in [-0.3, -0.25) is 0 Å². The zero-order valence-corrected chi connectivity index (χ0v) is 34.5. The van der Waals surface area contributed by atoms with Crippen LogP contribution in [0.4, 0.5) is 0 Å². The number of hydrogen-bond acceptors (Lipinski definition) is 14. The quantitative estimate of drug-likeness (QED) is 0.165. The molecule has 3 heterocycles. The van der Waals surface area contributed by atoms with Crippen molar-refractivity contribution in [3.05, 3.63) is 0 Å². The van der Waals surface area contributed by atoms with Gasteiger partial charge in [0.25, 0.3) is 0 Å². The highest BCUT2D eigenvalue weighted by molar-refractivity contribution is 5.33. The third-order valence-corrected chi connectivity index (χ3v) is 18.0. The Hall–Kier alpha value is -0.560. The van der Waals surface area contributed by atoms with Gasteiger partial charge in [0.1, 0.15) is 42.7 Å². The van der Waals surface area contributed by atoms with E-state index < -0.39 is 103 Å². The van der Waals surface area contributed by atoms with Crippen LogP contribution in [0.15, 0.2) is 0 Å². The lowest BCUT2D eigenvalue weighted by Gasteiger charge is -2.64. The van der Waals surface area contributed by atoms with Crippen molar-refractivity contribution < 1.29 is 69.6 Å². The molecule has 3 saturated heterocycles. The highest BCUT2D eigenvalue weighted by Crippen LogP contribution is 2.89. The minimum atomic E-state index is -1.65. The van der Waals surface area contributed by atoms with E-state index in [2.05, 4.69) is 34.6 Å². The molecule has 2 spiro atoms. The van der Waals surface area contributed by atoms with Gasteiger partial charge in [0.15, 0.2) is 12.6 Å².